The summed E-state index contributed by atoms with van der Waals surface area (Å²) in [6.07, 6.45) is 13.0. The second kappa shape index (κ2) is 6.17. The maximum absolute atomic E-state index is 12.6. The van der Waals surface area contributed by atoms with Crippen LogP contribution in [0.15, 0.2) is 47.7 Å². The zero-order chi connectivity index (χ0) is 17.5. The number of carbonyl (C=O) groups excluding carboxylic acids is 2. The van der Waals surface area contributed by atoms with Gasteiger partial charge in [0.2, 0.25) is 0 Å². The minimum Gasteiger partial charge on any atom is -0.383 e. The number of carbonyl (C=O) groups is 2. The van der Waals surface area contributed by atoms with E-state index in [1.54, 1.807) is 12.3 Å². The molecule has 1 aliphatic heterocycles. The molecule has 1 saturated carbocycles. The Hall–Kier alpha value is -1.94. The normalized spacial score (nSPS) is 31.2. The molecule has 3 atom stereocenters. The molecule has 4 nitrogen and oxygen atoms in total. The van der Waals surface area contributed by atoms with Gasteiger partial charge in [-0.3, -0.25) is 14.9 Å². The molecule has 1 fully saturated rings. The maximum Gasteiger partial charge on any atom is 0.185 e. The van der Waals surface area contributed by atoms with Crippen molar-refractivity contribution in [3.8, 4) is 0 Å². The van der Waals surface area contributed by atoms with Gasteiger partial charge in [0.05, 0.1) is 12.1 Å². The van der Waals surface area contributed by atoms with Crippen molar-refractivity contribution >= 4 is 11.6 Å². The van der Waals surface area contributed by atoms with Crippen molar-refractivity contribution in [2.75, 3.05) is 14.1 Å². The van der Waals surface area contributed by atoms with Gasteiger partial charge in [-0.15, -0.1) is 0 Å². The van der Waals surface area contributed by atoms with Gasteiger partial charge in [0, 0.05) is 44.3 Å². The Kier molecular flexibility index (Phi) is 4.35. The summed E-state index contributed by atoms with van der Waals surface area (Å²) in [5, 5.41) is 3.46. The van der Waals surface area contributed by atoms with Gasteiger partial charge in [-0.05, 0) is 17.4 Å². The molecule has 0 bridgehead atoms. The summed E-state index contributed by atoms with van der Waals surface area (Å²) in [5.74, 6) is 0.458. The van der Waals surface area contributed by atoms with Gasteiger partial charge in [-0.25, -0.2) is 0 Å². The molecule has 24 heavy (non-hydrogen) atoms. The number of Topliss-reactive ketones (excluding diaryl/α,β-unsaturated/α-hetero) is 1. The highest BCUT2D eigenvalue weighted by molar-refractivity contribution is 6.06. The van der Waals surface area contributed by atoms with Crippen LogP contribution < -0.4 is 5.32 Å². The number of fused-ring (bicyclic) bond motifs is 2. The fourth-order valence-electron chi connectivity index (χ4n) is 3.96. The fourth-order valence-corrected chi connectivity index (χ4v) is 3.96. The summed E-state index contributed by atoms with van der Waals surface area (Å²) < 4.78 is 0. The van der Waals surface area contributed by atoms with E-state index in [2.05, 4.69) is 25.2 Å². The smallest absolute Gasteiger partial charge is 0.185 e. The zero-order valence-corrected chi connectivity index (χ0v) is 14.9. The van der Waals surface area contributed by atoms with Gasteiger partial charge in [0.25, 0.3) is 0 Å². The lowest BCUT2D eigenvalue weighted by atomic mass is 9.66. The third-order valence-electron chi connectivity index (χ3n) is 4.99. The van der Waals surface area contributed by atoms with Crippen LogP contribution in [0.2, 0.25) is 0 Å². The van der Waals surface area contributed by atoms with Gasteiger partial charge < -0.3 is 4.90 Å². The van der Waals surface area contributed by atoms with Crippen molar-refractivity contribution in [2.24, 2.45) is 11.3 Å². The van der Waals surface area contributed by atoms with Gasteiger partial charge in [0.1, 0.15) is 0 Å². The summed E-state index contributed by atoms with van der Waals surface area (Å²) in [6, 6.07) is -0.354. The minimum atomic E-state index is -0.180. The topological polar surface area (TPSA) is 49.4 Å². The fraction of sp³-hybridized carbons (Fsp3) is 0.500. The van der Waals surface area contributed by atoms with Crippen molar-refractivity contribution < 1.29 is 9.59 Å². The largest absolute Gasteiger partial charge is 0.383 e. The summed E-state index contributed by atoms with van der Waals surface area (Å²) in [4.78, 5) is 26.9. The number of rotatable bonds is 3. The van der Waals surface area contributed by atoms with Gasteiger partial charge in [0.15, 0.2) is 11.6 Å². The van der Waals surface area contributed by atoms with Crippen LogP contribution in [-0.4, -0.2) is 42.6 Å². The van der Waals surface area contributed by atoms with E-state index in [-0.39, 0.29) is 35.0 Å². The van der Waals surface area contributed by atoms with E-state index >= 15 is 0 Å². The molecule has 3 rings (SSSR count). The van der Waals surface area contributed by atoms with Crippen LogP contribution in [0.4, 0.5) is 0 Å². The Morgan fingerprint density at radius 3 is 2.83 bits per heavy atom. The van der Waals surface area contributed by atoms with E-state index in [0.29, 0.717) is 12.0 Å². The summed E-state index contributed by atoms with van der Waals surface area (Å²) in [6.45, 7) is 4.31. The van der Waals surface area contributed by atoms with Crippen LogP contribution in [0, 0.1) is 11.3 Å². The van der Waals surface area contributed by atoms with Crippen LogP contribution in [0.25, 0.3) is 0 Å². The van der Waals surface area contributed by atoms with Crippen LogP contribution >= 0.6 is 0 Å². The average molecular weight is 326 g/mol. The average Bonchev–Trinajstić information content (AvgIpc) is 2.49. The Bertz CT molecular complexity index is 680. The molecule has 1 N–H and O–H groups in total. The second-order valence-electron chi connectivity index (χ2n) is 8.04. The lowest BCUT2D eigenvalue weighted by molar-refractivity contribution is -0.127. The molecule has 0 aromatic carbocycles. The summed E-state index contributed by atoms with van der Waals surface area (Å²) in [7, 11) is 3.77. The van der Waals surface area contributed by atoms with Crippen molar-refractivity contribution in [3.63, 3.8) is 0 Å². The molecule has 0 amide bonds. The van der Waals surface area contributed by atoms with E-state index in [1.807, 2.05) is 37.2 Å². The predicted octanol–water partition coefficient (Wildman–Crippen LogP) is 2.40. The van der Waals surface area contributed by atoms with E-state index in [4.69, 9.17) is 0 Å². The number of ketones is 2. The Morgan fingerprint density at radius 2 is 2.12 bits per heavy atom. The third-order valence-corrected chi connectivity index (χ3v) is 4.99. The summed E-state index contributed by atoms with van der Waals surface area (Å²) >= 11 is 0. The van der Waals surface area contributed by atoms with E-state index in [9.17, 15) is 9.59 Å². The molecule has 4 heteroatoms. The summed E-state index contributed by atoms with van der Waals surface area (Å²) in [5.41, 5.74) is 1.86. The molecular formula is C20H26N2O2. The zero-order valence-electron chi connectivity index (χ0n) is 14.9. The number of nitrogens with one attached hydrogen (secondary N) is 1. The molecule has 128 valence electrons. The van der Waals surface area contributed by atoms with E-state index in [1.165, 1.54) is 0 Å². The number of hydrogen-bond acceptors (Lipinski definition) is 4. The van der Waals surface area contributed by atoms with E-state index in [0.717, 1.165) is 12.0 Å². The minimum absolute atomic E-state index is 0.0153. The van der Waals surface area contributed by atoms with Crippen molar-refractivity contribution in [1.29, 1.82) is 0 Å². The molecule has 0 saturated heterocycles. The van der Waals surface area contributed by atoms with Crippen LogP contribution in [0.5, 0.6) is 0 Å². The van der Waals surface area contributed by atoms with E-state index < -0.39 is 0 Å². The first-order valence-corrected chi connectivity index (χ1v) is 8.54. The molecule has 0 spiro atoms. The first-order valence-electron chi connectivity index (χ1n) is 8.54. The molecule has 1 heterocycles. The molecule has 0 aromatic rings. The SMILES string of the molecule is CN(C)C=CC(=O)C1=CC=CC2=CC3CC(C)(C)CC(=O)C3NC21. The number of allylic oxidation sites excluding steroid dienone is 3. The lowest BCUT2D eigenvalue weighted by Gasteiger charge is -2.44. The monoisotopic (exact) mass is 326 g/mol. The lowest BCUT2D eigenvalue weighted by Crippen LogP contribution is -2.56. The van der Waals surface area contributed by atoms with Crippen LogP contribution in [-0.2, 0) is 9.59 Å². The van der Waals surface area contributed by atoms with Gasteiger partial charge in [-0.1, -0.05) is 38.2 Å². The highest BCUT2D eigenvalue weighted by Crippen LogP contribution is 2.41. The van der Waals surface area contributed by atoms with Crippen LogP contribution in [0.3, 0.4) is 0 Å². The second-order valence-corrected chi connectivity index (χ2v) is 8.04. The molecule has 3 aliphatic rings. The first kappa shape index (κ1) is 16.9. The van der Waals surface area contributed by atoms with Gasteiger partial charge in [-0.2, -0.15) is 0 Å². The number of nitrogens with zero attached hydrogens (tertiary/aromatic N) is 1. The van der Waals surface area contributed by atoms with Crippen molar-refractivity contribution in [1.82, 2.24) is 10.2 Å². The first-order chi connectivity index (χ1) is 11.3. The highest BCUT2D eigenvalue weighted by atomic mass is 16.1. The molecule has 2 aliphatic carbocycles. The third kappa shape index (κ3) is 3.29. The van der Waals surface area contributed by atoms with Crippen molar-refractivity contribution in [2.45, 2.75) is 38.8 Å². The standard InChI is InChI=1S/C20H26N2O2/c1-20(2)11-14-10-13-6-5-7-15(16(23)8-9-22(3)4)18(13)21-19(14)17(24)12-20/h5-10,14,18-19,21H,11-12H2,1-4H3. The molecule has 0 radical (unpaired) electrons. The predicted molar refractivity (Wildman–Crippen MR) is 95.4 cm³/mol. The van der Waals surface area contributed by atoms with Crippen molar-refractivity contribution in [3.05, 3.63) is 47.7 Å². The van der Waals surface area contributed by atoms with Crippen LogP contribution in [0.1, 0.15) is 26.7 Å². The Labute approximate surface area is 144 Å². The Morgan fingerprint density at radius 1 is 1.38 bits per heavy atom. The molecule has 0 aromatic heterocycles. The number of hydrogen-bond donors (Lipinski definition) is 1. The molecule has 3 unspecified atom stereocenters. The highest BCUT2D eigenvalue weighted by Gasteiger charge is 2.44. The Balaban J connectivity index is 1.87. The van der Waals surface area contributed by atoms with Gasteiger partial charge >= 0.3 is 0 Å². The maximum atomic E-state index is 12.6. The quantitative estimate of drug-likeness (QED) is 0.809. The molecular weight excluding hydrogens is 300 g/mol.